The minimum Gasteiger partial charge on any atom is -0.484 e. The molecule has 11 heteroatoms. The smallest absolute Gasteiger partial charge is 0.422 e. The molecule has 0 saturated carbocycles. The van der Waals surface area contributed by atoms with Crippen molar-refractivity contribution in [2.75, 3.05) is 11.9 Å². The Kier molecular flexibility index (Phi) is 6.09. The molecular formula is C19H17F3N4O4. The molecule has 2 amide bonds. The van der Waals surface area contributed by atoms with Crippen LogP contribution in [0.15, 0.2) is 53.3 Å². The number of amides is 2. The van der Waals surface area contributed by atoms with Crippen molar-refractivity contribution in [1.82, 2.24) is 15.1 Å². The number of carbonyl (C=O) groups is 2. The van der Waals surface area contributed by atoms with Crippen LogP contribution in [0.25, 0.3) is 0 Å². The van der Waals surface area contributed by atoms with Gasteiger partial charge >= 0.3 is 6.18 Å². The topological polar surface area (TPSA) is 98.4 Å². The standard InChI is InChI=1S/C19H17F3N4O4/c1-26-10-15(16(25-26)18(28)23-9-14-6-3-7-29-14)24-17(27)12-4-2-5-13(8-12)30-11-19(20,21)22/h2-8,10H,9,11H2,1H3,(H,23,28)(H,24,27). The molecular weight excluding hydrogens is 405 g/mol. The third-order valence-electron chi connectivity index (χ3n) is 3.79. The minimum atomic E-state index is -4.49. The van der Waals surface area contributed by atoms with Gasteiger partial charge in [-0.3, -0.25) is 14.3 Å². The first-order valence-electron chi connectivity index (χ1n) is 8.66. The van der Waals surface area contributed by atoms with Crippen molar-refractivity contribution in [2.24, 2.45) is 7.05 Å². The molecule has 0 radical (unpaired) electrons. The van der Waals surface area contributed by atoms with Crippen molar-refractivity contribution in [1.29, 1.82) is 0 Å². The number of aryl methyl sites for hydroxylation is 1. The molecule has 0 aliphatic carbocycles. The number of alkyl halides is 3. The van der Waals surface area contributed by atoms with Crippen molar-refractivity contribution in [3.8, 4) is 5.75 Å². The zero-order valence-electron chi connectivity index (χ0n) is 15.7. The molecule has 2 aromatic heterocycles. The van der Waals surface area contributed by atoms with E-state index in [2.05, 4.69) is 20.5 Å². The van der Waals surface area contributed by atoms with Crippen LogP contribution < -0.4 is 15.4 Å². The number of nitrogens with one attached hydrogen (secondary N) is 2. The van der Waals surface area contributed by atoms with Gasteiger partial charge in [-0.05, 0) is 30.3 Å². The zero-order valence-corrected chi connectivity index (χ0v) is 15.7. The molecule has 0 spiro atoms. The predicted molar refractivity (Wildman–Crippen MR) is 99.0 cm³/mol. The van der Waals surface area contributed by atoms with Gasteiger partial charge in [0.2, 0.25) is 0 Å². The fraction of sp³-hybridized carbons (Fsp3) is 0.211. The molecule has 3 rings (SSSR count). The Morgan fingerprint density at radius 3 is 2.70 bits per heavy atom. The van der Waals surface area contributed by atoms with Gasteiger partial charge in [-0.25, -0.2) is 0 Å². The Morgan fingerprint density at radius 2 is 2.00 bits per heavy atom. The summed E-state index contributed by atoms with van der Waals surface area (Å²) in [5, 5.41) is 9.20. The molecule has 30 heavy (non-hydrogen) atoms. The first-order valence-corrected chi connectivity index (χ1v) is 8.66. The van der Waals surface area contributed by atoms with E-state index in [1.165, 1.54) is 41.4 Å². The molecule has 0 atom stereocenters. The molecule has 0 fully saturated rings. The van der Waals surface area contributed by atoms with Gasteiger partial charge in [0, 0.05) is 18.8 Å². The highest BCUT2D eigenvalue weighted by molar-refractivity contribution is 6.08. The molecule has 0 bridgehead atoms. The van der Waals surface area contributed by atoms with Crippen LogP contribution in [0.2, 0.25) is 0 Å². The minimum absolute atomic E-state index is 0.0260. The summed E-state index contributed by atoms with van der Waals surface area (Å²) in [6, 6.07) is 8.65. The lowest BCUT2D eigenvalue weighted by Crippen LogP contribution is -2.25. The average molecular weight is 422 g/mol. The van der Waals surface area contributed by atoms with Gasteiger partial charge in [0.25, 0.3) is 11.8 Å². The SMILES string of the molecule is Cn1cc(NC(=O)c2cccc(OCC(F)(F)F)c2)c(C(=O)NCc2ccco2)n1. The van der Waals surface area contributed by atoms with Crippen LogP contribution in [0.1, 0.15) is 26.6 Å². The first kappa shape index (κ1) is 21.0. The van der Waals surface area contributed by atoms with E-state index in [0.717, 1.165) is 0 Å². The summed E-state index contributed by atoms with van der Waals surface area (Å²) in [6.45, 7) is -1.34. The number of carbonyl (C=O) groups excluding carboxylic acids is 2. The van der Waals surface area contributed by atoms with Crippen molar-refractivity contribution in [3.63, 3.8) is 0 Å². The van der Waals surface area contributed by atoms with E-state index < -0.39 is 24.6 Å². The van der Waals surface area contributed by atoms with Crippen LogP contribution >= 0.6 is 0 Å². The quantitative estimate of drug-likeness (QED) is 0.610. The Hall–Kier alpha value is -3.76. The summed E-state index contributed by atoms with van der Waals surface area (Å²) >= 11 is 0. The zero-order chi connectivity index (χ0) is 21.7. The Morgan fingerprint density at radius 1 is 1.20 bits per heavy atom. The van der Waals surface area contributed by atoms with Crippen molar-refractivity contribution < 1.29 is 31.9 Å². The number of benzene rings is 1. The second-order valence-corrected chi connectivity index (χ2v) is 6.21. The van der Waals surface area contributed by atoms with Gasteiger partial charge in [0.15, 0.2) is 12.3 Å². The second kappa shape index (κ2) is 8.72. The number of nitrogens with zero attached hydrogens (tertiary/aromatic N) is 2. The van der Waals surface area contributed by atoms with E-state index in [-0.39, 0.29) is 29.2 Å². The normalized spacial score (nSPS) is 11.2. The summed E-state index contributed by atoms with van der Waals surface area (Å²) < 4.78 is 48.1. The van der Waals surface area contributed by atoms with Crippen LogP contribution in [0, 0.1) is 0 Å². The van der Waals surface area contributed by atoms with Gasteiger partial charge in [-0.2, -0.15) is 18.3 Å². The van der Waals surface area contributed by atoms with Crippen LogP contribution in [0.4, 0.5) is 18.9 Å². The van der Waals surface area contributed by atoms with Gasteiger partial charge in [-0.15, -0.1) is 0 Å². The van der Waals surface area contributed by atoms with Crippen molar-refractivity contribution in [3.05, 3.63) is 65.9 Å². The number of aromatic nitrogens is 2. The molecule has 0 aliphatic heterocycles. The van der Waals surface area contributed by atoms with Crippen LogP contribution in [0.3, 0.4) is 0 Å². The maximum Gasteiger partial charge on any atom is 0.422 e. The van der Waals surface area contributed by atoms with Gasteiger partial charge in [0.05, 0.1) is 18.5 Å². The van der Waals surface area contributed by atoms with Gasteiger partial charge in [0.1, 0.15) is 11.5 Å². The summed E-state index contributed by atoms with van der Waals surface area (Å²) in [5.74, 6) is -0.742. The lowest BCUT2D eigenvalue weighted by Gasteiger charge is -2.10. The fourth-order valence-corrected chi connectivity index (χ4v) is 2.50. The summed E-state index contributed by atoms with van der Waals surface area (Å²) in [6.07, 6.45) is -1.59. The van der Waals surface area contributed by atoms with Crippen molar-refractivity contribution in [2.45, 2.75) is 12.7 Å². The first-order chi connectivity index (χ1) is 14.2. The Balaban J connectivity index is 1.69. The maximum absolute atomic E-state index is 12.5. The fourth-order valence-electron chi connectivity index (χ4n) is 2.50. The van der Waals surface area contributed by atoms with E-state index >= 15 is 0 Å². The van der Waals surface area contributed by atoms with E-state index in [9.17, 15) is 22.8 Å². The average Bonchev–Trinajstić information content (AvgIpc) is 3.34. The van der Waals surface area contributed by atoms with Crippen LogP contribution in [0.5, 0.6) is 5.75 Å². The molecule has 158 valence electrons. The molecule has 0 aliphatic rings. The Labute approximate surface area is 168 Å². The summed E-state index contributed by atoms with van der Waals surface area (Å²) in [5.41, 5.74) is 0.170. The molecule has 2 N–H and O–H groups in total. The monoisotopic (exact) mass is 422 g/mol. The Bertz CT molecular complexity index is 1030. The lowest BCUT2D eigenvalue weighted by molar-refractivity contribution is -0.153. The largest absolute Gasteiger partial charge is 0.484 e. The summed E-state index contributed by atoms with van der Waals surface area (Å²) in [7, 11) is 1.57. The molecule has 2 heterocycles. The molecule has 1 aromatic carbocycles. The van der Waals surface area contributed by atoms with E-state index in [0.29, 0.717) is 5.76 Å². The van der Waals surface area contributed by atoms with Crippen LogP contribution in [-0.4, -0.2) is 34.4 Å². The molecule has 8 nitrogen and oxygen atoms in total. The van der Waals surface area contributed by atoms with E-state index in [1.54, 1.807) is 19.2 Å². The highest BCUT2D eigenvalue weighted by atomic mass is 19.4. The third-order valence-corrected chi connectivity index (χ3v) is 3.79. The number of furan rings is 1. The predicted octanol–water partition coefficient (Wildman–Crippen LogP) is 3.14. The van der Waals surface area contributed by atoms with Crippen LogP contribution in [-0.2, 0) is 13.6 Å². The number of halogens is 3. The number of rotatable bonds is 7. The van der Waals surface area contributed by atoms with Gasteiger partial charge in [-0.1, -0.05) is 6.07 Å². The molecule has 0 saturated heterocycles. The van der Waals surface area contributed by atoms with E-state index in [4.69, 9.17) is 4.42 Å². The van der Waals surface area contributed by atoms with Gasteiger partial charge < -0.3 is 19.8 Å². The number of hydrogen-bond donors (Lipinski definition) is 2. The maximum atomic E-state index is 12.5. The van der Waals surface area contributed by atoms with E-state index in [1.807, 2.05) is 0 Å². The molecule has 0 unspecified atom stereocenters. The lowest BCUT2D eigenvalue weighted by atomic mass is 10.2. The number of ether oxygens (including phenoxy) is 1. The summed E-state index contributed by atoms with van der Waals surface area (Å²) in [4.78, 5) is 24.9. The third kappa shape index (κ3) is 5.63. The second-order valence-electron chi connectivity index (χ2n) is 6.21. The number of anilines is 1. The highest BCUT2D eigenvalue weighted by Crippen LogP contribution is 2.21. The highest BCUT2D eigenvalue weighted by Gasteiger charge is 2.28. The van der Waals surface area contributed by atoms with Crippen molar-refractivity contribution >= 4 is 17.5 Å². The molecule has 3 aromatic rings. The number of hydrogen-bond acceptors (Lipinski definition) is 5.